The fraction of sp³-hybridized carbons (Fsp3) is 0.846. The summed E-state index contributed by atoms with van der Waals surface area (Å²) in [6.07, 6.45) is -2.96. The zero-order valence-electron chi connectivity index (χ0n) is 12.2. The number of nitrogens with two attached hydrogens (primary N) is 1. The molecule has 1 amide bonds. The molecule has 21 heavy (non-hydrogen) atoms. The lowest BCUT2D eigenvalue weighted by atomic mass is 9.78. The summed E-state index contributed by atoms with van der Waals surface area (Å²) in [5.41, 5.74) is 5.42. The minimum absolute atomic E-state index is 0.00351. The second kappa shape index (κ2) is 7.00. The average Bonchev–Trinajstić information content (AvgIpc) is 2.44. The second-order valence-corrected chi connectivity index (χ2v) is 5.68. The monoisotopic (exact) mass is 309 g/mol. The first-order valence-corrected chi connectivity index (χ1v) is 6.97. The minimum Gasteiger partial charge on any atom is -0.409 e. The molecule has 1 aliphatic carbocycles. The molecule has 5 nitrogen and oxygen atoms in total. The third-order valence-corrected chi connectivity index (χ3v) is 4.05. The first-order valence-electron chi connectivity index (χ1n) is 6.97. The van der Waals surface area contributed by atoms with E-state index < -0.39 is 29.8 Å². The molecular formula is C13H22F3N3O2. The zero-order chi connectivity index (χ0) is 16.2. The van der Waals surface area contributed by atoms with E-state index in [0.29, 0.717) is 12.8 Å². The van der Waals surface area contributed by atoms with Crippen molar-refractivity contribution >= 4 is 11.7 Å². The molecule has 0 bridgehead atoms. The molecule has 1 fully saturated rings. The number of nitrogens with zero attached hydrogens (tertiary/aromatic N) is 2. The highest BCUT2D eigenvalue weighted by Gasteiger charge is 2.48. The minimum atomic E-state index is -4.35. The molecule has 0 spiro atoms. The maximum atomic E-state index is 13.0. The number of hydrogen-bond acceptors (Lipinski definition) is 3. The van der Waals surface area contributed by atoms with Crippen LogP contribution < -0.4 is 5.73 Å². The summed E-state index contributed by atoms with van der Waals surface area (Å²) in [5.74, 6) is -3.58. The topological polar surface area (TPSA) is 78.9 Å². The number of carbonyl (C=O) groups is 1. The van der Waals surface area contributed by atoms with Crippen LogP contribution in [0, 0.1) is 17.8 Å². The third-order valence-electron chi connectivity index (χ3n) is 4.05. The largest absolute Gasteiger partial charge is 0.409 e. The van der Waals surface area contributed by atoms with E-state index in [1.54, 1.807) is 6.92 Å². The average molecular weight is 309 g/mol. The molecule has 1 saturated carbocycles. The van der Waals surface area contributed by atoms with Gasteiger partial charge in [-0.3, -0.25) is 4.79 Å². The lowest BCUT2D eigenvalue weighted by Gasteiger charge is -2.35. The van der Waals surface area contributed by atoms with Gasteiger partial charge in [0.05, 0.1) is 5.92 Å². The number of carbonyl (C=O) groups excluding carboxylic acids is 1. The van der Waals surface area contributed by atoms with Crippen molar-refractivity contribution in [2.75, 3.05) is 13.6 Å². The van der Waals surface area contributed by atoms with E-state index in [9.17, 15) is 18.0 Å². The van der Waals surface area contributed by atoms with E-state index in [0.717, 1.165) is 0 Å². The Balaban J connectivity index is 2.75. The van der Waals surface area contributed by atoms with Gasteiger partial charge in [-0.2, -0.15) is 13.2 Å². The summed E-state index contributed by atoms with van der Waals surface area (Å²) < 4.78 is 39.1. The van der Waals surface area contributed by atoms with Gasteiger partial charge in [-0.25, -0.2) is 0 Å². The molecule has 1 rings (SSSR count). The summed E-state index contributed by atoms with van der Waals surface area (Å²) in [5, 5.41) is 11.4. The maximum Gasteiger partial charge on any atom is 0.392 e. The zero-order valence-corrected chi connectivity index (χ0v) is 12.2. The number of rotatable bonds is 4. The van der Waals surface area contributed by atoms with Crippen LogP contribution in [0.5, 0.6) is 0 Å². The van der Waals surface area contributed by atoms with Gasteiger partial charge in [-0.05, 0) is 12.8 Å². The van der Waals surface area contributed by atoms with Crippen LogP contribution in [0.4, 0.5) is 13.2 Å². The number of hydrogen-bond donors (Lipinski definition) is 2. The van der Waals surface area contributed by atoms with Gasteiger partial charge in [0, 0.05) is 25.4 Å². The molecule has 3 unspecified atom stereocenters. The molecule has 0 aromatic heterocycles. The Labute approximate surface area is 122 Å². The lowest BCUT2D eigenvalue weighted by molar-refractivity contribution is -0.200. The number of alkyl halides is 3. The van der Waals surface area contributed by atoms with Crippen molar-refractivity contribution in [3.05, 3.63) is 0 Å². The Bertz CT molecular complexity index is 399. The van der Waals surface area contributed by atoms with Crippen LogP contribution in [-0.4, -0.2) is 41.6 Å². The molecule has 0 heterocycles. The molecule has 3 N–H and O–H groups in total. The van der Waals surface area contributed by atoms with Crippen molar-refractivity contribution in [2.45, 2.75) is 38.8 Å². The summed E-state index contributed by atoms with van der Waals surface area (Å²) >= 11 is 0. The predicted molar refractivity (Wildman–Crippen MR) is 71.7 cm³/mol. The Morgan fingerprint density at radius 3 is 2.52 bits per heavy atom. The Kier molecular flexibility index (Phi) is 5.86. The quantitative estimate of drug-likeness (QED) is 0.362. The molecule has 0 aromatic rings. The van der Waals surface area contributed by atoms with Crippen molar-refractivity contribution in [2.24, 2.45) is 28.6 Å². The molecule has 1 aliphatic rings. The van der Waals surface area contributed by atoms with E-state index in [4.69, 9.17) is 10.9 Å². The number of amidine groups is 1. The van der Waals surface area contributed by atoms with Crippen LogP contribution in [0.3, 0.4) is 0 Å². The molecular weight excluding hydrogens is 287 g/mol. The summed E-state index contributed by atoms with van der Waals surface area (Å²) in [6, 6.07) is 0. The van der Waals surface area contributed by atoms with E-state index >= 15 is 0 Å². The van der Waals surface area contributed by atoms with Crippen molar-refractivity contribution in [1.82, 2.24) is 4.90 Å². The van der Waals surface area contributed by atoms with Gasteiger partial charge in [-0.15, -0.1) is 0 Å². The van der Waals surface area contributed by atoms with Crippen LogP contribution in [-0.2, 0) is 4.79 Å². The van der Waals surface area contributed by atoms with Gasteiger partial charge >= 0.3 is 6.18 Å². The fourth-order valence-electron chi connectivity index (χ4n) is 2.79. The van der Waals surface area contributed by atoms with Crippen LogP contribution in [0.1, 0.15) is 32.6 Å². The lowest BCUT2D eigenvalue weighted by Crippen LogP contribution is -2.45. The van der Waals surface area contributed by atoms with E-state index in [1.165, 1.54) is 11.9 Å². The normalized spacial score (nSPS) is 25.5. The molecule has 122 valence electrons. The third kappa shape index (κ3) is 4.50. The SMILES string of the molecule is CC(CN(C)C(=O)C1CCCCC1C(F)(F)F)C(N)=NO. The molecule has 0 saturated heterocycles. The highest BCUT2D eigenvalue weighted by molar-refractivity contribution is 5.83. The number of amides is 1. The highest BCUT2D eigenvalue weighted by Crippen LogP contribution is 2.42. The second-order valence-electron chi connectivity index (χ2n) is 5.68. The highest BCUT2D eigenvalue weighted by atomic mass is 19.4. The Hall–Kier alpha value is -1.47. The number of oxime groups is 1. The number of halogens is 3. The van der Waals surface area contributed by atoms with Gasteiger partial charge in [-0.1, -0.05) is 24.9 Å². The Morgan fingerprint density at radius 1 is 1.43 bits per heavy atom. The molecule has 0 aromatic carbocycles. The first kappa shape index (κ1) is 17.6. The molecule has 0 radical (unpaired) electrons. The summed E-state index contributed by atoms with van der Waals surface area (Å²) in [6.45, 7) is 1.76. The summed E-state index contributed by atoms with van der Waals surface area (Å²) in [4.78, 5) is 13.5. The van der Waals surface area contributed by atoms with Crippen molar-refractivity contribution in [1.29, 1.82) is 0 Å². The molecule has 3 atom stereocenters. The predicted octanol–water partition coefficient (Wildman–Crippen LogP) is 2.20. The van der Waals surface area contributed by atoms with Crippen LogP contribution in [0.2, 0.25) is 0 Å². The van der Waals surface area contributed by atoms with Crippen LogP contribution in [0.15, 0.2) is 5.16 Å². The molecule has 0 aliphatic heterocycles. The van der Waals surface area contributed by atoms with E-state index in [1.807, 2.05) is 0 Å². The smallest absolute Gasteiger partial charge is 0.392 e. The maximum absolute atomic E-state index is 13.0. The molecule has 8 heteroatoms. The van der Waals surface area contributed by atoms with Gasteiger partial charge in [0.15, 0.2) is 0 Å². The summed E-state index contributed by atoms with van der Waals surface area (Å²) in [7, 11) is 1.45. The van der Waals surface area contributed by atoms with Crippen molar-refractivity contribution < 1.29 is 23.2 Å². The standard InChI is InChI=1S/C13H22F3N3O2/c1-8(11(17)18-21)7-19(2)12(20)9-5-3-4-6-10(9)13(14,15)16/h8-10,21H,3-7H2,1-2H3,(H2,17,18). The van der Waals surface area contributed by atoms with E-state index in [2.05, 4.69) is 5.16 Å². The Morgan fingerprint density at radius 2 is 2.00 bits per heavy atom. The van der Waals surface area contributed by atoms with Gasteiger partial charge in [0.25, 0.3) is 0 Å². The van der Waals surface area contributed by atoms with Gasteiger partial charge < -0.3 is 15.8 Å². The van der Waals surface area contributed by atoms with Crippen molar-refractivity contribution in [3.63, 3.8) is 0 Å². The van der Waals surface area contributed by atoms with Crippen molar-refractivity contribution in [3.8, 4) is 0 Å². The van der Waals surface area contributed by atoms with E-state index in [-0.39, 0.29) is 25.2 Å². The van der Waals surface area contributed by atoms with Crippen LogP contribution >= 0.6 is 0 Å². The van der Waals surface area contributed by atoms with Gasteiger partial charge in [0.2, 0.25) is 5.91 Å². The van der Waals surface area contributed by atoms with Crippen LogP contribution in [0.25, 0.3) is 0 Å². The first-order chi connectivity index (χ1) is 9.68. The van der Waals surface area contributed by atoms with Gasteiger partial charge in [0.1, 0.15) is 5.84 Å². The fourth-order valence-corrected chi connectivity index (χ4v) is 2.79.